The van der Waals surface area contributed by atoms with Crippen molar-refractivity contribution >= 4 is 27.8 Å². The van der Waals surface area contributed by atoms with Crippen molar-refractivity contribution in [3.8, 4) is 11.5 Å². The Morgan fingerprint density at radius 3 is 2.61 bits per heavy atom. The number of fused-ring (bicyclic) bond motifs is 2. The summed E-state index contributed by atoms with van der Waals surface area (Å²) in [5.41, 5.74) is 2.53. The average Bonchev–Trinajstić information content (AvgIpc) is 3.38. The molecule has 0 radical (unpaired) electrons. The number of pyridine rings is 1. The van der Waals surface area contributed by atoms with Crippen LogP contribution in [0.25, 0.3) is 33.4 Å². The maximum absolute atomic E-state index is 12.4. The second kappa shape index (κ2) is 6.66. The highest BCUT2D eigenvalue weighted by atomic mass is 16.5. The number of hydrogen-bond acceptors (Lipinski definition) is 5. The van der Waals surface area contributed by atoms with E-state index in [1.54, 1.807) is 12.1 Å². The zero-order valence-corrected chi connectivity index (χ0v) is 14.8. The Morgan fingerprint density at radius 1 is 0.893 bits per heavy atom. The molecule has 28 heavy (non-hydrogen) atoms. The molecule has 136 valence electrons. The van der Waals surface area contributed by atoms with Crippen LogP contribution in [0.1, 0.15) is 16.2 Å². The molecular formula is C22H15N3O3. The smallest absolute Gasteiger partial charge is 0.270 e. The Balaban J connectivity index is 1.30. The van der Waals surface area contributed by atoms with Crippen molar-refractivity contribution in [3.63, 3.8) is 0 Å². The van der Waals surface area contributed by atoms with E-state index in [4.69, 9.17) is 8.94 Å². The van der Waals surface area contributed by atoms with Crippen LogP contribution in [0, 0.1) is 0 Å². The number of carbonyl (C=O) groups excluding carboxylic acids is 1. The minimum atomic E-state index is -0.265. The lowest BCUT2D eigenvalue weighted by molar-refractivity contribution is 0.0945. The van der Waals surface area contributed by atoms with E-state index in [2.05, 4.69) is 15.5 Å². The SMILES string of the molecule is O=C(NCc1cc(-c2cc3ccccc3o2)on1)c1ccc2ccccc2n1. The summed E-state index contributed by atoms with van der Waals surface area (Å²) in [5.74, 6) is 0.853. The van der Waals surface area contributed by atoms with Crippen molar-refractivity contribution in [3.05, 3.63) is 84.2 Å². The molecule has 0 aliphatic carbocycles. The molecule has 6 nitrogen and oxygen atoms in total. The van der Waals surface area contributed by atoms with Crippen LogP contribution in [0.5, 0.6) is 0 Å². The number of nitrogens with one attached hydrogen (secondary N) is 1. The second-order valence-electron chi connectivity index (χ2n) is 6.40. The molecule has 0 saturated heterocycles. The van der Waals surface area contributed by atoms with Crippen LogP contribution in [-0.4, -0.2) is 16.0 Å². The van der Waals surface area contributed by atoms with Crippen LogP contribution in [-0.2, 0) is 6.54 Å². The minimum absolute atomic E-state index is 0.233. The van der Waals surface area contributed by atoms with Gasteiger partial charge in [-0.25, -0.2) is 4.98 Å². The van der Waals surface area contributed by atoms with Crippen molar-refractivity contribution in [2.24, 2.45) is 0 Å². The van der Waals surface area contributed by atoms with Gasteiger partial charge in [0.1, 0.15) is 17.0 Å². The van der Waals surface area contributed by atoms with Gasteiger partial charge in [-0.2, -0.15) is 0 Å². The number of nitrogens with zero attached hydrogens (tertiary/aromatic N) is 2. The van der Waals surface area contributed by atoms with Gasteiger partial charge in [0, 0.05) is 16.8 Å². The third kappa shape index (κ3) is 3.01. The first-order chi connectivity index (χ1) is 13.8. The highest BCUT2D eigenvalue weighted by Gasteiger charge is 2.13. The Morgan fingerprint density at radius 2 is 1.71 bits per heavy atom. The predicted molar refractivity (Wildman–Crippen MR) is 105 cm³/mol. The number of rotatable bonds is 4. The first-order valence-corrected chi connectivity index (χ1v) is 8.85. The standard InChI is InChI=1S/C22H15N3O3/c26-22(18-10-9-14-5-1-3-7-17(14)24-18)23-13-16-12-21(28-25-16)20-11-15-6-2-4-8-19(15)27-20/h1-12H,13H2,(H,23,26). The van der Waals surface area contributed by atoms with Crippen LogP contribution in [0.3, 0.4) is 0 Å². The molecule has 5 aromatic rings. The zero-order chi connectivity index (χ0) is 18.9. The fraction of sp³-hybridized carbons (Fsp3) is 0.0455. The summed E-state index contributed by atoms with van der Waals surface area (Å²) < 4.78 is 11.1. The van der Waals surface area contributed by atoms with Gasteiger partial charge in [-0.1, -0.05) is 47.6 Å². The second-order valence-corrected chi connectivity index (χ2v) is 6.40. The van der Waals surface area contributed by atoms with Gasteiger partial charge in [0.2, 0.25) is 5.76 Å². The number of furan rings is 1. The lowest BCUT2D eigenvalue weighted by atomic mass is 10.2. The van der Waals surface area contributed by atoms with Crippen molar-refractivity contribution in [1.29, 1.82) is 0 Å². The molecule has 0 atom stereocenters. The Labute approximate surface area is 159 Å². The molecule has 0 bridgehead atoms. The summed E-state index contributed by atoms with van der Waals surface area (Å²) in [6, 6.07) is 22.6. The van der Waals surface area contributed by atoms with Crippen molar-refractivity contribution in [2.45, 2.75) is 6.54 Å². The van der Waals surface area contributed by atoms with E-state index in [1.165, 1.54) is 0 Å². The molecule has 0 spiro atoms. The van der Waals surface area contributed by atoms with Crippen LogP contribution < -0.4 is 5.32 Å². The van der Waals surface area contributed by atoms with Crippen LogP contribution in [0.4, 0.5) is 0 Å². The van der Waals surface area contributed by atoms with E-state index in [-0.39, 0.29) is 12.5 Å². The number of para-hydroxylation sites is 2. The highest BCUT2D eigenvalue weighted by molar-refractivity contribution is 5.94. The largest absolute Gasteiger partial charge is 0.453 e. The summed E-state index contributed by atoms with van der Waals surface area (Å²) in [6.07, 6.45) is 0. The molecule has 3 heterocycles. The molecule has 1 amide bonds. The normalized spacial score (nSPS) is 11.1. The van der Waals surface area contributed by atoms with E-state index in [0.717, 1.165) is 21.9 Å². The van der Waals surface area contributed by atoms with Gasteiger partial charge >= 0.3 is 0 Å². The number of benzene rings is 2. The van der Waals surface area contributed by atoms with Crippen molar-refractivity contribution in [1.82, 2.24) is 15.5 Å². The molecule has 0 aliphatic heterocycles. The quantitative estimate of drug-likeness (QED) is 0.502. The Kier molecular flexibility index (Phi) is 3.87. The number of carbonyl (C=O) groups is 1. The van der Waals surface area contributed by atoms with Gasteiger partial charge in [-0.3, -0.25) is 4.79 Å². The molecule has 0 saturated carbocycles. The molecule has 6 heteroatoms. The van der Waals surface area contributed by atoms with Crippen molar-refractivity contribution in [2.75, 3.05) is 0 Å². The van der Waals surface area contributed by atoms with E-state index < -0.39 is 0 Å². The predicted octanol–water partition coefficient (Wildman–Crippen LogP) is 4.57. The summed E-state index contributed by atoms with van der Waals surface area (Å²) in [5, 5.41) is 8.81. The third-order valence-corrected chi connectivity index (χ3v) is 4.49. The summed E-state index contributed by atoms with van der Waals surface area (Å²) in [6.45, 7) is 0.233. The lowest BCUT2D eigenvalue weighted by Crippen LogP contribution is -2.23. The minimum Gasteiger partial charge on any atom is -0.453 e. The molecule has 0 fully saturated rings. The third-order valence-electron chi connectivity index (χ3n) is 4.49. The topological polar surface area (TPSA) is 81.2 Å². The number of aromatic nitrogens is 2. The zero-order valence-electron chi connectivity index (χ0n) is 14.8. The summed E-state index contributed by atoms with van der Waals surface area (Å²) in [7, 11) is 0. The number of hydrogen-bond donors (Lipinski definition) is 1. The first-order valence-electron chi connectivity index (χ1n) is 8.85. The fourth-order valence-corrected chi connectivity index (χ4v) is 3.07. The molecule has 2 aromatic carbocycles. The summed E-state index contributed by atoms with van der Waals surface area (Å²) in [4.78, 5) is 16.8. The number of amides is 1. The van der Waals surface area contributed by atoms with Gasteiger partial charge < -0.3 is 14.3 Å². The van der Waals surface area contributed by atoms with Gasteiger partial charge in [0.05, 0.1) is 12.1 Å². The maximum Gasteiger partial charge on any atom is 0.270 e. The fourth-order valence-electron chi connectivity index (χ4n) is 3.07. The van der Waals surface area contributed by atoms with E-state index in [9.17, 15) is 4.79 Å². The van der Waals surface area contributed by atoms with E-state index in [1.807, 2.05) is 60.7 Å². The van der Waals surface area contributed by atoms with E-state index >= 15 is 0 Å². The molecule has 0 unspecified atom stereocenters. The Bertz CT molecular complexity index is 1270. The summed E-state index contributed by atoms with van der Waals surface area (Å²) >= 11 is 0. The molecular weight excluding hydrogens is 354 g/mol. The van der Waals surface area contributed by atoms with Gasteiger partial charge in [-0.15, -0.1) is 0 Å². The van der Waals surface area contributed by atoms with Crippen molar-refractivity contribution < 1.29 is 13.7 Å². The van der Waals surface area contributed by atoms with Crippen LogP contribution in [0.2, 0.25) is 0 Å². The van der Waals surface area contributed by atoms with Crippen LogP contribution in [0.15, 0.2) is 81.7 Å². The Hall–Kier alpha value is -3.93. The maximum atomic E-state index is 12.4. The molecule has 1 N–H and O–H groups in total. The molecule has 0 aliphatic rings. The molecule has 3 aromatic heterocycles. The highest BCUT2D eigenvalue weighted by Crippen LogP contribution is 2.28. The first kappa shape index (κ1) is 16.3. The van der Waals surface area contributed by atoms with Gasteiger partial charge in [0.15, 0.2) is 5.76 Å². The van der Waals surface area contributed by atoms with E-state index in [0.29, 0.717) is 22.9 Å². The van der Waals surface area contributed by atoms with Crippen LogP contribution >= 0.6 is 0 Å². The lowest BCUT2D eigenvalue weighted by Gasteiger charge is -2.03. The molecule has 5 rings (SSSR count). The van der Waals surface area contributed by atoms with Gasteiger partial charge in [0.25, 0.3) is 5.91 Å². The van der Waals surface area contributed by atoms with Gasteiger partial charge in [-0.05, 0) is 24.3 Å². The average molecular weight is 369 g/mol. The monoisotopic (exact) mass is 369 g/mol.